The highest BCUT2D eigenvalue weighted by Gasteiger charge is 2.44. The third-order valence-electron chi connectivity index (χ3n) is 14.7. The van der Waals surface area contributed by atoms with Gasteiger partial charge in [-0.15, -0.1) is 0 Å². The molecule has 8 heterocycles. The van der Waals surface area contributed by atoms with E-state index in [1.165, 1.54) is 47.7 Å². The number of pyridine rings is 4. The molecule has 15 nitrogen and oxygen atoms in total. The Kier molecular flexibility index (Phi) is 13.1. The second-order valence-corrected chi connectivity index (χ2v) is 19.2. The van der Waals surface area contributed by atoms with Crippen molar-refractivity contribution in [3.8, 4) is 11.5 Å². The van der Waals surface area contributed by atoms with Crippen molar-refractivity contribution in [3.05, 3.63) is 139 Å². The summed E-state index contributed by atoms with van der Waals surface area (Å²) in [5.74, 6) is -0.414. The number of rotatable bonds is 8. The molecule has 12 rings (SSSR count). The lowest BCUT2D eigenvalue weighted by Gasteiger charge is -2.23. The molecule has 4 aromatic heterocycles. The predicted molar refractivity (Wildman–Crippen MR) is 261 cm³/mol. The van der Waals surface area contributed by atoms with Gasteiger partial charge in [-0.2, -0.15) is 0 Å². The molecule has 6 aromatic rings. The number of amides is 1. The van der Waals surface area contributed by atoms with E-state index in [0.717, 1.165) is 71.2 Å². The van der Waals surface area contributed by atoms with Crippen LogP contribution in [0.5, 0.6) is 11.5 Å². The fraction of sp³-hybridized carbons (Fsp3) is 0.444. The molecule has 2 aromatic carbocycles. The third-order valence-corrected chi connectivity index (χ3v) is 14.7. The first-order chi connectivity index (χ1) is 33.5. The van der Waals surface area contributed by atoms with Crippen LogP contribution in [0.15, 0.2) is 95.0 Å². The van der Waals surface area contributed by atoms with E-state index in [9.17, 15) is 24.3 Å². The minimum atomic E-state index is -1.24. The van der Waals surface area contributed by atoms with Crippen molar-refractivity contribution in [3.63, 3.8) is 0 Å². The molecule has 2 N–H and O–H groups in total. The average molecular weight is 937 g/mol. The molecule has 2 aliphatic carbocycles. The maximum Gasteiger partial charge on any atom is 0.341 e. The van der Waals surface area contributed by atoms with Gasteiger partial charge in [-0.3, -0.25) is 14.4 Å². The number of aryl methyl sites for hydroxylation is 2. The van der Waals surface area contributed by atoms with Crippen molar-refractivity contribution in [2.45, 2.75) is 115 Å². The molecule has 15 heteroatoms. The van der Waals surface area contributed by atoms with Crippen LogP contribution >= 0.6 is 0 Å². The van der Waals surface area contributed by atoms with Gasteiger partial charge in [0.15, 0.2) is 0 Å². The van der Waals surface area contributed by atoms with Gasteiger partial charge in [0.25, 0.3) is 5.91 Å². The zero-order chi connectivity index (χ0) is 47.7. The molecule has 2 spiro atoms. The van der Waals surface area contributed by atoms with Crippen LogP contribution in [-0.4, -0.2) is 104 Å². The molecule has 360 valence electrons. The number of hydrogen-bond donors (Lipinski definition) is 2. The second kappa shape index (κ2) is 19.5. The van der Waals surface area contributed by atoms with Crippen LogP contribution in [0.25, 0.3) is 22.1 Å². The lowest BCUT2D eigenvalue weighted by atomic mass is 10.00. The Labute approximate surface area is 400 Å². The number of benzene rings is 2. The van der Waals surface area contributed by atoms with E-state index in [0.29, 0.717) is 54.4 Å². The molecule has 6 aliphatic rings. The monoisotopic (exact) mass is 936 g/mol. The molecule has 69 heavy (non-hydrogen) atoms. The number of likely N-dealkylation sites (tertiary alicyclic amines) is 1. The van der Waals surface area contributed by atoms with Crippen molar-refractivity contribution in [1.29, 1.82) is 0 Å². The Morgan fingerprint density at radius 1 is 0.710 bits per heavy atom. The van der Waals surface area contributed by atoms with Crippen molar-refractivity contribution < 1.29 is 33.6 Å². The van der Waals surface area contributed by atoms with E-state index in [1.807, 2.05) is 42.7 Å². The van der Waals surface area contributed by atoms with Crippen LogP contribution < -0.4 is 25.6 Å². The lowest BCUT2D eigenvalue weighted by Crippen LogP contribution is -2.37. The van der Waals surface area contributed by atoms with Gasteiger partial charge in [0.1, 0.15) is 46.1 Å². The summed E-state index contributed by atoms with van der Waals surface area (Å²) in [6.45, 7) is 10.1. The van der Waals surface area contributed by atoms with Gasteiger partial charge in [-0.05, 0) is 93.3 Å². The maximum atomic E-state index is 13.5. The van der Waals surface area contributed by atoms with Gasteiger partial charge in [-0.25, -0.2) is 14.8 Å². The van der Waals surface area contributed by atoms with Gasteiger partial charge < -0.3 is 43.4 Å². The van der Waals surface area contributed by atoms with Gasteiger partial charge in [0, 0.05) is 77.5 Å². The SMILES string of the molecule is C1COC2(C1)CCNC2.CCn1cc(C(=O)N2CCC3(CCCO3)C2)c(=O)c2cc(OC3Cc4ccccc4C3)cnc21.CCn1cc(C(=O)O)c(=O)c2cc(OC3Cc4ccccc4C3)cnc21. The molecule has 1 amide bonds. The van der Waals surface area contributed by atoms with Crippen molar-refractivity contribution >= 4 is 33.9 Å². The number of carboxylic acids is 1. The topological polar surface area (TPSA) is 176 Å². The second-order valence-electron chi connectivity index (χ2n) is 19.2. The summed E-state index contributed by atoms with van der Waals surface area (Å²) in [7, 11) is 0. The lowest BCUT2D eigenvalue weighted by molar-refractivity contribution is 0.0126. The Morgan fingerprint density at radius 2 is 1.20 bits per heavy atom. The highest BCUT2D eigenvalue weighted by molar-refractivity contribution is 5.97. The Morgan fingerprint density at radius 3 is 1.65 bits per heavy atom. The molecule has 4 fully saturated rings. The maximum absolute atomic E-state index is 13.5. The van der Waals surface area contributed by atoms with Crippen LogP contribution in [0.2, 0.25) is 0 Å². The number of carbonyl (C=O) groups is 2. The number of ether oxygens (including phenoxy) is 4. The highest BCUT2D eigenvalue weighted by Crippen LogP contribution is 2.36. The third kappa shape index (κ3) is 9.51. The zero-order valence-electron chi connectivity index (χ0n) is 39.4. The summed E-state index contributed by atoms with van der Waals surface area (Å²) in [4.78, 5) is 61.5. The normalized spacial score (nSPS) is 21.6. The Balaban J connectivity index is 0.000000139. The standard InChI is InChI=1S/C27H29N3O4.C20H18N2O4.C7H13NO/c1-2-29-16-23(26(32)30-10-9-27(17-30)8-5-11-33-27)24(31)22-14-21(15-28-25(22)29)34-20-12-18-6-3-4-7-19(18)13-20;1-2-22-11-17(20(24)25)18(23)16-9-15(10-21-19(16)22)26-14-7-12-5-3-4-6-13(12)8-14;1-2-7(9-5-1)3-4-8-6-7/h3-4,6-7,14-16,20H,2,5,8-13,17H2,1H3;3-6,9-11,14H,2,7-8H2,1H3,(H,24,25);8H,1-6H2. The summed E-state index contributed by atoms with van der Waals surface area (Å²) < 4.78 is 27.4. The van der Waals surface area contributed by atoms with E-state index in [4.69, 9.17) is 18.9 Å². The van der Waals surface area contributed by atoms with Crippen LogP contribution in [0, 0.1) is 0 Å². The minimum Gasteiger partial charge on any atom is -0.488 e. The van der Waals surface area contributed by atoms with E-state index in [2.05, 4.69) is 39.6 Å². The Bertz CT molecular complexity index is 2950. The number of aromatic nitrogens is 4. The van der Waals surface area contributed by atoms with Crippen LogP contribution in [0.4, 0.5) is 0 Å². The smallest absolute Gasteiger partial charge is 0.341 e. The molecule has 0 saturated carbocycles. The number of fused-ring (bicyclic) bond motifs is 4. The fourth-order valence-corrected chi connectivity index (χ4v) is 11.1. The first-order valence-corrected chi connectivity index (χ1v) is 24.6. The van der Waals surface area contributed by atoms with Crippen LogP contribution in [0.1, 0.15) is 95.3 Å². The summed E-state index contributed by atoms with van der Waals surface area (Å²) in [5, 5.41) is 13.3. The number of carboxylic acid groups (broad SMARTS) is 1. The largest absolute Gasteiger partial charge is 0.488 e. The quantitative estimate of drug-likeness (QED) is 0.169. The summed E-state index contributed by atoms with van der Waals surface area (Å²) in [6, 6.07) is 19.9. The van der Waals surface area contributed by atoms with Crippen LogP contribution in [-0.2, 0) is 48.2 Å². The average Bonchev–Trinajstić information content (AvgIpc) is 4.25. The number of nitrogens with one attached hydrogen (secondary N) is 1. The number of hydrogen-bond acceptors (Lipinski definition) is 11. The summed E-state index contributed by atoms with van der Waals surface area (Å²) in [5.41, 5.74) is 5.35. The van der Waals surface area contributed by atoms with Gasteiger partial charge in [0.2, 0.25) is 10.9 Å². The predicted octanol–water partition coefficient (Wildman–Crippen LogP) is 6.55. The van der Waals surface area contributed by atoms with E-state index in [-0.39, 0.29) is 51.3 Å². The van der Waals surface area contributed by atoms with E-state index >= 15 is 0 Å². The minimum absolute atomic E-state index is 0.0114. The van der Waals surface area contributed by atoms with Crippen molar-refractivity contribution in [2.75, 3.05) is 39.4 Å². The van der Waals surface area contributed by atoms with E-state index < -0.39 is 11.4 Å². The molecule has 4 saturated heterocycles. The highest BCUT2D eigenvalue weighted by atomic mass is 16.5. The van der Waals surface area contributed by atoms with Crippen LogP contribution in [0.3, 0.4) is 0 Å². The summed E-state index contributed by atoms with van der Waals surface area (Å²) in [6.07, 6.45) is 16.2. The van der Waals surface area contributed by atoms with Gasteiger partial charge in [0.05, 0.1) is 40.9 Å². The number of carbonyl (C=O) groups excluding carboxylic acids is 1. The number of aromatic carboxylic acids is 1. The molecular weight excluding hydrogens is 877 g/mol. The first-order valence-electron chi connectivity index (χ1n) is 24.6. The fourth-order valence-electron chi connectivity index (χ4n) is 11.1. The first kappa shape index (κ1) is 46.3. The number of nitrogens with zero attached hydrogens (tertiary/aromatic N) is 5. The molecule has 2 atom stereocenters. The summed E-state index contributed by atoms with van der Waals surface area (Å²) >= 11 is 0. The van der Waals surface area contributed by atoms with Gasteiger partial charge >= 0.3 is 5.97 Å². The molecule has 2 unspecified atom stereocenters. The molecule has 4 aliphatic heterocycles. The molecule has 0 radical (unpaired) electrons. The molecule has 0 bridgehead atoms. The Hall–Kier alpha value is -6.42. The van der Waals surface area contributed by atoms with Crippen molar-refractivity contribution in [1.82, 2.24) is 29.3 Å². The zero-order valence-corrected chi connectivity index (χ0v) is 39.4. The van der Waals surface area contributed by atoms with Gasteiger partial charge in [-0.1, -0.05) is 48.5 Å². The molecular formula is C54H60N6O9. The van der Waals surface area contributed by atoms with Crippen molar-refractivity contribution in [2.24, 2.45) is 0 Å². The van der Waals surface area contributed by atoms with E-state index in [1.54, 1.807) is 40.2 Å².